The van der Waals surface area contributed by atoms with Crippen molar-refractivity contribution < 1.29 is 14.7 Å². The monoisotopic (exact) mass is 310 g/mol. The third-order valence-corrected chi connectivity index (χ3v) is 6.51. The Kier molecular flexibility index (Phi) is 2.77. The molecule has 1 aromatic rings. The Morgan fingerprint density at radius 1 is 1.35 bits per heavy atom. The number of carbonyl (C=O) groups excluding carboxylic acids is 2. The number of rotatable bonds is 1. The molecule has 23 heavy (non-hydrogen) atoms. The van der Waals surface area contributed by atoms with Crippen molar-refractivity contribution in [1.82, 2.24) is 0 Å². The summed E-state index contributed by atoms with van der Waals surface area (Å²) in [6.45, 7) is 10.1. The summed E-state index contributed by atoms with van der Waals surface area (Å²) in [7, 11) is 0. The number of benzene rings is 1. The van der Waals surface area contributed by atoms with Crippen LogP contribution >= 0.6 is 0 Å². The number of carbonyl (C=O) groups is 2. The highest BCUT2D eigenvalue weighted by atomic mass is 16.3. The molecule has 120 valence electrons. The van der Waals surface area contributed by atoms with Gasteiger partial charge in [-0.05, 0) is 54.4 Å². The summed E-state index contributed by atoms with van der Waals surface area (Å²) >= 11 is 0. The SMILES string of the molecule is C=C1CCC2C(c3c(C)c(O)c4c(c31)C(=O)C(C)C4)C2(C)C=O. The van der Waals surface area contributed by atoms with Crippen molar-refractivity contribution in [2.24, 2.45) is 17.3 Å². The van der Waals surface area contributed by atoms with E-state index in [9.17, 15) is 14.7 Å². The van der Waals surface area contributed by atoms with Gasteiger partial charge in [-0.2, -0.15) is 0 Å². The van der Waals surface area contributed by atoms with E-state index in [1.807, 2.05) is 20.8 Å². The molecule has 1 fully saturated rings. The van der Waals surface area contributed by atoms with Gasteiger partial charge in [-0.1, -0.05) is 20.4 Å². The number of phenols is 1. The molecule has 4 unspecified atom stereocenters. The molecule has 4 rings (SSSR count). The molecule has 3 aliphatic rings. The van der Waals surface area contributed by atoms with Crippen LogP contribution in [0.25, 0.3) is 5.57 Å². The van der Waals surface area contributed by atoms with E-state index in [1.54, 1.807) is 0 Å². The number of Topliss-reactive ketones (excluding diaryl/α,β-unsaturated/α-hetero) is 1. The Hall–Kier alpha value is -1.90. The van der Waals surface area contributed by atoms with Crippen LogP contribution in [0.2, 0.25) is 0 Å². The smallest absolute Gasteiger partial charge is 0.167 e. The molecule has 1 N–H and O–H groups in total. The fourth-order valence-corrected chi connectivity index (χ4v) is 5.05. The summed E-state index contributed by atoms with van der Waals surface area (Å²) in [5, 5.41) is 10.7. The Balaban J connectivity index is 2.06. The van der Waals surface area contributed by atoms with Gasteiger partial charge < -0.3 is 9.90 Å². The van der Waals surface area contributed by atoms with Crippen LogP contribution in [0.15, 0.2) is 6.58 Å². The number of aldehydes is 1. The van der Waals surface area contributed by atoms with E-state index in [1.165, 1.54) is 0 Å². The van der Waals surface area contributed by atoms with Crippen LogP contribution in [0, 0.1) is 24.2 Å². The molecule has 0 bridgehead atoms. The highest BCUT2D eigenvalue weighted by Crippen LogP contribution is 2.69. The second-order valence-electron chi connectivity index (χ2n) is 7.80. The molecule has 0 radical (unpaired) electrons. The van der Waals surface area contributed by atoms with E-state index in [-0.39, 0.29) is 28.8 Å². The van der Waals surface area contributed by atoms with E-state index in [2.05, 4.69) is 6.58 Å². The number of ketones is 1. The van der Waals surface area contributed by atoms with Gasteiger partial charge in [0.05, 0.1) is 0 Å². The van der Waals surface area contributed by atoms with Gasteiger partial charge in [-0.25, -0.2) is 0 Å². The number of allylic oxidation sites excluding steroid dienone is 1. The molecule has 0 aliphatic heterocycles. The number of phenolic OH excluding ortho intramolecular Hbond substituents is 1. The number of hydrogen-bond donors (Lipinski definition) is 1. The van der Waals surface area contributed by atoms with Crippen LogP contribution in [-0.2, 0) is 11.2 Å². The Morgan fingerprint density at radius 2 is 2.04 bits per heavy atom. The average molecular weight is 310 g/mol. The highest BCUT2D eigenvalue weighted by molar-refractivity contribution is 6.07. The predicted octanol–water partition coefficient (Wildman–Crippen LogP) is 3.80. The fraction of sp³-hybridized carbons (Fsp3) is 0.500. The first kappa shape index (κ1) is 14.7. The molecule has 3 heteroatoms. The van der Waals surface area contributed by atoms with Crippen molar-refractivity contribution in [3.05, 3.63) is 34.4 Å². The largest absolute Gasteiger partial charge is 0.507 e. The van der Waals surface area contributed by atoms with Gasteiger partial charge in [0.2, 0.25) is 0 Å². The first-order chi connectivity index (χ1) is 10.8. The lowest BCUT2D eigenvalue weighted by atomic mass is 9.83. The molecular weight excluding hydrogens is 288 g/mol. The van der Waals surface area contributed by atoms with E-state index in [0.29, 0.717) is 17.9 Å². The minimum atomic E-state index is -0.367. The van der Waals surface area contributed by atoms with Gasteiger partial charge in [0.25, 0.3) is 0 Å². The van der Waals surface area contributed by atoms with Crippen LogP contribution in [0.3, 0.4) is 0 Å². The minimum absolute atomic E-state index is 0.0923. The summed E-state index contributed by atoms with van der Waals surface area (Å²) < 4.78 is 0. The van der Waals surface area contributed by atoms with Gasteiger partial charge in [-0.3, -0.25) is 4.79 Å². The van der Waals surface area contributed by atoms with Crippen molar-refractivity contribution >= 4 is 17.6 Å². The summed E-state index contributed by atoms with van der Waals surface area (Å²) in [4.78, 5) is 24.4. The molecular formula is C20H22O3. The Bertz CT molecular complexity index is 789. The third-order valence-electron chi connectivity index (χ3n) is 6.51. The quantitative estimate of drug-likeness (QED) is 0.803. The van der Waals surface area contributed by atoms with Crippen molar-refractivity contribution in [1.29, 1.82) is 0 Å². The maximum atomic E-state index is 12.7. The van der Waals surface area contributed by atoms with E-state index in [4.69, 9.17) is 0 Å². The standard InChI is InChI=1S/C20H22O3/c1-9-5-6-13-17(20(13,4)8-21)15-11(3)19(23)12-7-10(2)18(22)16(12)14(9)15/h8,10,13,17,23H,1,5-7H2,2-4H3. The van der Waals surface area contributed by atoms with E-state index >= 15 is 0 Å². The third kappa shape index (κ3) is 1.60. The molecule has 0 spiro atoms. The fourth-order valence-electron chi connectivity index (χ4n) is 5.05. The van der Waals surface area contributed by atoms with Crippen LogP contribution in [0.1, 0.15) is 65.2 Å². The zero-order valence-electron chi connectivity index (χ0n) is 13.9. The Morgan fingerprint density at radius 3 is 2.70 bits per heavy atom. The maximum absolute atomic E-state index is 12.7. The van der Waals surface area contributed by atoms with Gasteiger partial charge in [0.15, 0.2) is 5.78 Å². The zero-order valence-corrected chi connectivity index (χ0v) is 13.9. The summed E-state index contributed by atoms with van der Waals surface area (Å²) in [6, 6.07) is 0. The van der Waals surface area contributed by atoms with E-state index in [0.717, 1.165) is 47.0 Å². The summed E-state index contributed by atoms with van der Waals surface area (Å²) in [6.07, 6.45) is 3.40. The topological polar surface area (TPSA) is 54.4 Å². The number of fused-ring (bicyclic) bond motifs is 5. The molecule has 0 saturated heterocycles. The molecule has 3 nitrogen and oxygen atoms in total. The number of aromatic hydroxyl groups is 1. The van der Waals surface area contributed by atoms with Gasteiger partial charge >= 0.3 is 0 Å². The first-order valence-corrected chi connectivity index (χ1v) is 8.39. The van der Waals surface area contributed by atoms with Crippen LogP contribution in [0.5, 0.6) is 5.75 Å². The molecule has 0 amide bonds. The lowest BCUT2D eigenvalue weighted by Crippen LogP contribution is -2.11. The van der Waals surface area contributed by atoms with Gasteiger partial charge in [-0.15, -0.1) is 0 Å². The van der Waals surface area contributed by atoms with Crippen molar-refractivity contribution in [2.75, 3.05) is 0 Å². The second-order valence-corrected chi connectivity index (χ2v) is 7.80. The zero-order chi connectivity index (χ0) is 16.7. The molecule has 1 aromatic carbocycles. The lowest BCUT2D eigenvalue weighted by Gasteiger charge is -2.20. The summed E-state index contributed by atoms with van der Waals surface area (Å²) in [5.74, 6) is 0.673. The summed E-state index contributed by atoms with van der Waals surface area (Å²) in [5.41, 5.74) is 4.88. The second kappa shape index (κ2) is 4.34. The van der Waals surface area contributed by atoms with Crippen molar-refractivity contribution in [3.63, 3.8) is 0 Å². The lowest BCUT2D eigenvalue weighted by molar-refractivity contribution is -0.112. The predicted molar refractivity (Wildman–Crippen MR) is 88.7 cm³/mol. The number of hydrogen-bond acceptors (Lipinski definition) is 3. The van der Waals surface area contributed by atoms with Crippen molar-refractivity contribution in [2.45, 2.75) is 46.0 Å². The highest BCUT2D eigenvalue weighted by Gasteiger charge is 2.63. The molecule has 3 aliphatic carbocycles. The first-order valence-electron chi connectivity index (χ1n) is 8.39. The van der Waals surface area contributed by atoms with Gasteiger partial charge in [0.1, 0.15) is 12.0 Å². The van der Waals surface area contributed by atoms with E-state index < -0.39 is 0 Å². The normalized spacial score (nSPS) is 34.5. The van der Waals surface area contributed by atoms with Crippen LogP contribution in [0.4, 0.5) is 0 Å². The van der Waals surface area contributed by atoms with Crippen molar-refractivity contribution in [3.8, 4) is 5.75 Å². The Labute approximate surface area is 136 Å². The van der Waals surface area contributed by atoms with Gasteiger partial charge in [0, 0.05) is 28.4 Å². The van der Waals surface area contributed by atoms with Crippen LogP contribution in [-0.4, -0.2) is 17.2 Å². The molecule has 0 heterocycles. The molecule has 0 aromatic heterocycles. The van der Waals surface area contributed by atoms with Crippen LogP contribution < -0.4 is 0 Å². The molecule has 1 saturated carbocycles. The minimum Gasteiger partial charge on any atom is -0.507 e. The average Bonchev–Trinajstić information content (AvgIpc) is 3.05. The maximum Gasteiger partial charge on any atom is 0.167 e. The molecule has 4 atom stereocenters.